The highest BCUT2D eigenvalue weighted by molar-refractivity contribution is 5.76. The van der Waals surface area contributed by atoms with Crippen molar-refractivity contribution in [2.75, 3.05) is 14.2 Å². The number of ether oxygens (including phenoxy) is 2. The van der Waals surface area contributed by atoms with Crippen molar-refractivity contribution in [2.45, 2.75) is 5.79 Å². The van der Waals surface area contributed by atoms with Gasteiger partial charge in [0.2, 0.25) is 5.79 Å². The summed E-state index contributed by atoms with van der Waals surface area (Å²) in [6.45, 7) is 0. The standard InChI is InChI=1S/C17H16O2/c1-18-17(19-2)15-9-5-3-7-13(15)11-12-14-8-4-6-10-16(14)17/h3-12H,1-2H3. The first-order valence-electron chi connectivity index (χ1n) is 6.29. The minimum absolute atomic E-state index is 0.851. The Balaban J connectivity index is 2.37. The van der Waals surface area contributed by atoms with Crippen molar-refractivity contribution in [2.24, 2.45) is 0 Å². The van der Waals surface area contributed by atoms with Gasteiger partial charge < -0.3 is 9.47 Å². The average molecular weight is 252 g/mol. The number of methoxy groups -OCH3 is 2. The number of hydrogen-bond acceptors (Lipinski definition) is 2. The lowest BCUT2D eigenvalue weighted by Gasteiger charge is -2.33. The van der Waals surface area contributed by atoms with Gasteiger partial charge in [-0.25, -0.2) is 0 Å². The zero-order valence-electron chi connectivity index (χ0n) is 11.1. The molecule has 2 heteroatoms. The van der Waals surface area contributed by atoms with Crippen LogP contribution in [0.5, 0.6) is 0 Å². The van der Waals surface area contributed by atoms with Crippen LogP contribution in [0.3, 0.4) is 0 Å². The average Bonchev–Trinajstić information content (AvgIpc) is 2.62. The van der Waals surface area contributed by atoms with E-state index in [0.29, 0.717) is 0 Å². The summed E-state index contributed by atoms with van der Waals surface area (Å²) in [5.41, 5.74) is 4.28. The summed E-state index contributed by atoms with van der Waals surface area (Å²) in [5.74, 6) is -0.851. The topological polar surface area (TPSA) is 18.5 Å². The second kappa shape index (κ2) is 4.65. The lowest BCUT2D eigenvalue weighted by molar-refractivity contribution is -0.183. The minimum atomic E-state index is -0.851. The summed E-state index contributed by atoms with van der Waals surface area (Å²) < 4.78 is 11.6. The Hall–Kier alpha value is -1.90. The van der Waals surface area contributed by atoms with Crippen LogP contribution in [0.1, 0.15) is 22.3 Å². The summed E-state index contributed by atoms with van der Waals surface area (Å²) in [7, 11) is 3.37. The third-order valence-electron chi connectivity index (χ3n) is 3.65. The first-order chi connectivity index (χ1) is 9.31. The Morgan fingerprint density at radius 1 is 0.684 bits per heavy atom. The molecule has 2 nitrogen and oxygen atoms in total. The van der Waals surface area contributed by atoms with Crippen molar-refractivity contribution in [3.05, 3.63) is 70.8 Å². The van der Waals surface area contributed by atoms with Gasteiger partial charge in [-0.2, -0.15) is 0 Å². The van der Waals surface area contributed by atoms with E-state index in [9.17, 15) is 0 Å². The summed E-state index contributed by atoms with van der Waals surface area (Å²) in [6.07, 6.45) is 4.21. The van der Waals surface area contributed by atoms with Crippen LogP contribution in [0.15, 0.2) is 48.5 Å². The maximum atomic E-state index is 5.80. The zero-order chi connectivity index (χ0) is 13.3. The molecule has 2 aromatic rings. The Morgan fingerprint density at radius 2 is 1.11 bits per heavy atom. The van der Waals surface area contributed by atoms with Crippen molar-refractivity contribution in [3.8, 4) is 0 Å². The van der Waals surface area contributed by atoms with E-state index in [2.05, 4.69) is 36.4 Å². The smallest absolute Gasteiger partial charge is 0.222 e. The number of hydrogen-bond donors (Lipinski definition) is 0. The molecule has 0 aliphatic heterocycles. The lowest BCUT2D eigenvalue weighted by atomic mass is 9.92. The van der Waals surface area contributed by atoms with Gasteiger partial charge in [0, 0.05) is 25.3 Å². The van der Waals surface area contributed by atoms with E-state index < -0.39 is 5.79 Å². The van der Waals surface area contributed by atoms with E-state index in [1.807, 2.05) is 24.3 Å². The highest BCUT2D eigenvalue weighted by Crippen LogP contribution is 2.40. The summed E-state index contributed by atoms with van der Waals surface area (Å²) in [6, 6.07) is 16.3. The van der Waals surface area contributed by atoms with Crippen LogP contribution in [-0.4, -0.2) is 14.2 Å². The molecule has 0 amide bonds. The Morgan fingerprint density at radius 3 is 1.53 bits per heavy atom. The van der Waals surface area contributed by atoms with Gasteiger partial charge in [-0.3, -0.25) is 0 Å². The molecule has 0 bridgehead atoms. The van der Waals surface area contributed by atoms with Crippen molar-refractivity contribution >= 4 is 12.2 Å². The van der Waals surface area contributed by atoms with Gasteiger partial charge in [0.05, 0.1) is 0 Å². The molecule has 0 unspecified atom stereocenters. The molecular weight excluding hydrogens is 236 g/mol. The van der Waals surface area contributed by atoms with E-state index in [1.165, 1.54) is 0 Å². The van der Waals surface area contributed by atoms with Gasteiger partial charge in [0.1, 0.15) is 0 Å². The third kappa shape index (κ3) is 1.72. The van der Waals surface area contributed by atoms with E-state index >= 15 is 0 Å². The van der Waals surface area contributed by atoms with Crippen LogP contribution in [0.4, 0.5) is 0 Å². The van der Waals surface area contributed by atoms with Gasteiger partial charge in [0.25, 0.3) is 0 Å². The van der Waals surface area contributed by atoms with E-state index in [1.54, 1.807) is 14.2 Å². The Labute approximate surface area is 113 Å². The van der Waals surface area contributed by atoms with Crippen LogP contribution < -0.4 is 0 Å². The Kier molecular flexibility index (Phi) is 2.97. The lowest BCUT2D eigenvalue weighted by Crippen LogP contribution is -2.33. The molecule has 0 heterocycles. The summed E-state index contributed by atoms with van der Waals surface area (Å²) in [5, 5.41) is 0. The number of benzene rings is 2. The molecule has 0 atom stereocenters. The monoisotopic (exact) mass is 252 g/mol. The van der Waals surface area contributed by atoms with E-state index in [4.69, 9.17) is 9.47 Å². The SMILES string of the molecule is COC1(OC)c2ccccc2C=Cc2ccccc21. The van der Waals surface area contributed by atoms with Crippen molar-refractivity contribution in [1.82, 2.24) is 0 Å². The molecule has 2 aromatic carbocycles. The molecule has 0 radical (unpaired) electrons. The maximum absolute atomic E-state index is 5.80. The molecule has 0 fully saturated rings. The van der Waals surface area contributed by atoms with Gasteiger partial charge in [-0.05, 0) is 11.1 Å². The Bertz CT molecular complexity index is 573. The van der Waals surface area contributed by atoms with Gasteiger partial charge in [0.15, 0.2) is 0 Å². The van der Waals surface area contributed by atoms with Crippen LogP contribution in [-0.2, 0) is 15.3 Å². The molecule has 0 aromatic heterocycles. The predicted octanol–water partition coefficient (Wildman–Crippen LogP) is 3.66. The number of rotatable bonds is 2. The summed E-state index contributed by atoms with van der Waals surface area (Å²) in [4.78, 5) is 0. The fourth-order valence-corrected chi connectivity index (χ4v) is 2.73. The van der Waals surface area contributed by atoms with Gasteiger partial charge in [-0.1, -0.05) is 60.7 Å². The highest BCUT2D eigenvalue weighted by atomic mass is 16.7. The predicted molar refractivity (Wildman–Crippen MR) is 76.6 cm³/mol. The van der Waals surface area contributed by atoms with Gasteiger partial charge in [-0.15, -0.1) is 0 Å². The molecule has 1 aliphatic rings. The minimum Gasteiger partial charge on any atom is -0.346 e. The molecule has 0 saturated heterocycles. The molecule has 0 saturated carbocycles. The van der Waals surface area contributed by atoms with Crippen LogP contribution in [0.25, 0.3) is 12.2 Å². The second-order valence-corrected chi connectivity index (χ2v) is 4.53. The van der Waals surface area contributed by atoms with Crippen LogP contribution in [0, 0.1) is 0 Å². The summed E-state index contributed by atoms with van der Waals surface area (Å²) >= 11 is 0. The van der Waals surface area contributed by atoms with Crippen LogP contribution >= 0.6 is 0 Å². The largest absolute Gasteiger partial charge is 0.346 e. The molecule has 3 rings (SSSR count). The van der Waals surface area contributed by atoms with E-state index in [-0.39, 0.29) is 0 Å². The fourth-order valence-electron chi connectivity index (χ4n) is 2.73. The quantitative estimate of drug-likeness (QED) is 0.759. The van der Waals surface area contributed by atoms with Crippen molar-refractivity contribution < 1.29 is 9.47 Å². The molecule has 1 aliphatic carbocycles. The molecule has 0 N–H and O–H groups in total. The molecule has 0 spiro atoms. The first kappa shape index (κ1) is 12.2. The maximum Gasteiger partial charge on any atom is 0.222 e. The molecule has 19 heavy (non-hydrogen) atoms. The van der Waals surface area contributed by atoms with Crippen molar-refractivity contribution in [1.29, 1.82) is 0 Å². The van der Waals surface area contributed by atoms with Crippen molar-refractivity contribution in [3.63, 3.8) is 0 Å². The molecular formula is C17H16O2. The normalized spacial score (nSPS) is 15.5. The van der Waals surface area contributed by atoms with Crippen LogP contribution in [0.2, 0.25) is 0 Å². The second-order valence-electron chi connectivity index (χ2n) is 4.53. The molecule has 96 valence electrons. The van der Waals surface area contributed by atoms with E-state index in [0.717, 1.165) is 22.3 Å². The highest BCUT2D eigenvalue weighted by Gasteiger charge is 2.38. The first-order valence-corrected chi connectivity index (χ1v) is 6.29. The number of fused-ring (bicyclic) bond motifs is 2. The fraction of sp³-hybridized carbons (Fsp3) is 0.176. The van der Waals surface area contributed by atoms with Gasteiger partial charge >= 0.3 is 0 Å². The zero-order valence-corrected chi connectivity index (χ0v) is 11.1. The third-order valence-corrected chi connectivity index (χ3v) is 3.65.